The molecule has 1 heterocycles. The molecule has 1 aliphatic heterocycles. The zero-order chi connectivity index (χ0) is 23.5. The summed E-state index contributed by atoms with van der Waals surface area (Å²) in [6, 6.07) is 26.8. The van der Waals surface area contributed by atoms with Gasteiger partial charge in [-0.25, -0.2) is 0 Å². The van der Waals surface area contributed by atoms with E-state index in [4.69, 9.17) is 4.99 Å². The number of amidine groups is 1. The Hall–Kier alpha value is -3.71. The van der Waals surface area contributed by atoms with Crippen molar-refractivity contribution in [3.05, 3.63) is 83.9 Å². The summed E-state index contributed by atoms with van der Waals surface area (Å²) in [6.45, 7) is 2.69. The first-order valence-corrected chi connectivity index (χ1v) is 12.2. The van der Waals surface area contributed by atoms with Crippen molar-refractivity contribution in [1.82, 2.24) is 4.90 Å². The van der Waals surface area contributed by atoms with Gasteiger partial charge >= 0.3 is 0 Å². The van der Waals surface area contributed by atoms with E-state index >= 15 is 0 Å². The molecule has 0 aromatic heterocycles. The molecule has 0 bridgehead atoms. The maximum absolute atomic E-state index is 13.3. The zero-order valence-electron chi connectivity index (χ0n) is 19.6. The van der Waals surface area contributed by atoms with Crippen LogP contribution >= 0.6 is 0 Å². The van der Waals surface area contributed by atoms with E-state index in [-0.39, 0.29) is 5.91 Å². The quantitative estimate of drug-likeness (QED) is 0.420. The lowest BCUT2D eigenvalue weighted by molar-refractivity contribution is -0.131. The third-order valence-corrected chi connectivity index (χ3v) is 7.05. The molecule has 34 heavy (non-hydrogen) atoms. The van der Waals surface area contributed by atoms with Gasteiger partial charge in [0.1, 0.15) is 11.4 Å². The average Bonchev–Trinajstić information content (AvgIpc) is 3.46. The molecule has 170 valence electrons. The Kier molecular flexibility index (Phi) is 6.02. The highest BCUT2D eigenvalue weighted by Gasteiger charge is 2.49. The van der Waals surface area contributed by atoms with Gasteiger partial charge in [0, 0.05) is 12.0 Å². The van der Waals surface area contributed by atoms with E-state index in [1.54, 1.807) is 0 Å². The van der Waals surface area contributed by atoms with Gasteiger partial charge < -0.3 is 0 Å². The van der Waals surface area contributed by atoms with Gasteiger partial charge in [-0.3, -0.25) is 14.7 Å². The smallest absolute Gasteiger partial charge is 0.256 e. The number of nitrogens with zero attached hydrogens (tertiary/aromatic N) is 3. The molecule has 0 atom stereocenters. The van der Waals surface area contributed by atoms with Gasteiger partial charge in [-0.2, -0.15) is 5.26 Å². The van der Waals surface area contributed by atoms with Gasteiger partial charge in [-0.15, -0.1) is 0 Å². The number of amides is 1. The summed E-state index contributed by atoms with van der Waals surface area (Å²) in [6.07, 6.45) is 5.74. The molecule has 0 saturated heterocycles. The molecule has 1 amide bonds. The maximum atomic E-state index is 13.3. The summed E-state index contributed by atoms with van der Waals surface area (Å²) in [7, 11) is 0. The summed E-state index contributed by atoms with van der Waals surface area (Å²) >= 11 is 0. The van der Waals surface area contributed by atoms with Crippen molar-refractivity contribution in [2.24, 2.45) is 4.99 Å². The molecule has 0 unspecified atom stereocenters. The van der Waals surface area contributed by atoms with Crippen LogP contribution in [-0.2, 0) is 11.3 Å². The molecule has 0 N–H and O–H groups in total. The van der Waals surface area contributed by atoms with Crippen molar-refractivity contribution < 1.29 is 4.79 Å². The fourth-order valence-corrected chi connectivity index (χ4v) is 5.25. The Morgan fingerprint density at radius 3 is 2.32 bits per heavy atom. The van der Waals surface area contributed by atoms with Crippen molar-refractivity contribution in [3.8, 4) is 28.3 Å². The number of carbonyl (C=O) groups is 1. The molecule has 5 rings (SSSR count). The molecule has 4 nitrogen and oxygen atoms in total. The van der Waals surface area contributed by atoms with Crippen LogP contribution in [0.1, 0.15) is 56.6 Å². The van der Waals surface area contributed by atoms with E-state index in [0.29, 0.717) is 12.1 Å². The molecule has 1 aliphatic carbocycles. The Labute approximate surface area is 201 Å². The molecule has 1 fully saturated rings. The summed E-state index contributed by atoms with van der Waals surface area (Å²) < 4.78 is 0. The number of benzene rings is 3. The van der Waals surface area contributed by atoms with Crippen LogP contribution in [0.3, 0.4) is 0 Å². The van der Waals surface area contributed by atoms with Crippen LogP contribution in [0.15, 0.2) is 77.8 Å². The Balaban J connectivity index is 1.41. The number of rotatable bonds is 6. The third-order valence-electron chi connectivity index (χ3n) is 7.05. The monoisotopic (exact) mass is 447 g/mol. The zero-order valence-corrected chi connectivity index (χ0v) is 19.6. The van der Waals surface area contributed by atoms with Gasteiger partial charge in [0.25, 0.3) is 5.91 Å². The third kappa shape index (κ3) is 4.03. The lowest BCUT2D eigenvalue weighted by Gasteiger charge is -2.22. The molecule has 2 aliphatic rings. The van der Waals surface area contributed by atoms with E-state index < -0.39 is 5.54 Å². The van der Waals surface area contributed by atoms with E-state index in [0.717, 1.165) is 72.2 Å². The second-order valence-electron chi connectivity index (χ2n) is 9.34. The lowest BCUT2D eigenvalue weighted by Crippen LogP contribution is -2.40. The van der Waals surface area contributed by atoms with Crippen LogP contribution in [0.25, 0.3) is 22.3 Å². The number of aliphatic imine (C=N–C) groups is 1. The fourth-order valence-electron chi connectivity index (χ4n) is 5.25. The second-order valence-corrected chi connectivity index (χ2v) is 9.34. The topological polar surface area (TPSA) is 56.5 Å². The van der Waals surface area contributed by atoms with Crippen molar-refractivity contribution in [2.75, 3.05) is 0 Å². The molecular weight excluding hydrogens is 418 g/mol. The Morgan fingerprint density at radius 2 is 1.65 bits per heavy atom. The highest BCUT2D eigenvalue weighted by atomic mass is 16.2. The minimum Gasteiger partial charge on any atom is -0.294 e. The summed E-state index contributed by atoms with van der Waals surface area (Å²) in [5.41, 5.74) is 5.37. The van der Waals surface area contributed by atoms with Crippen LogP contribution in [0.5, 0.6) is 0 Å². The van der Waals surface area contributed by atoms with Crippen molar-refractivity contribution in [3.63, 3.8) is 0 Å². The normalized spacial score (nSPS) is 16.6. The molecule has 1 spiro atoms. The fraction of sp³-hybridized carbons (Fsp3) is 0.300. The summed E-state index contributed by atoms with van der Waals surface area (Å²) in [4.78, 5) is 20.2. The minimum absolute atomic E-state index is 0.180. The van der Waals surface area contributed by atoms with E-state index in [1.165, 1.54) is 0 Å². The molecule has 3 aromatic carbocycles. The van der Waals surface area contributed by atoms with Crippen LogP contribution in [0, 0.1) is 11.3 Å². The molecule has 1 saturated carbocycles. The highest BCUT2D eigenvalue weighted by molar-refractivity contribution is 6.08. The maximum Gasteiger partial charge on any atom is 0.256 e. The van der Waals surface area contributed by atoms with E-state index in [9.17, 15) is 10.1 Å². The minimum atomic E-state index is -0.496. The van der Waals surface area contributed by atoms with Gasteiger partial charge in [-0.05, 0) is 53.6 Å². The number of nitriles is 1. The molecule has 0 radical (unpaired) electrons. The van der Waals surface area contributed by atoms with E-state index in [1.807, 2.05) is 35.2 Å². The first-order chi connectivity index (χ1) is 16.6. The highest BCUT2D eigenvalue weighted by Crippen LogP contribution is 2.40. The van der Waals surface area contributed by atoms with Crippen LogP contribution < -0.4 is 0 Å². The van der Waals surface area contributed by atoms with Gasteiger partial charge in [0.2, 0.25) is 0 Å². The number of hydrogen-bond acceptors (Lipinski definition) is 3. The summed E-state index contributed by atoms with van der Waals surface area (Å²) in [5.74, 6) is 1.13. The van der Waals surface area contributed by atoms with Crippen molar-refractivity contribution >= 4 is 11.7 Å². The average molecular weight is 448 g/mol. The van der Waals surface area contributed by atoms with E-state index in [2.05, 4.69) is 55.5 Å². The predicted molar refractivity (Wildman–Crippen MR) is 136 cm³/mol. The number of hydrogen-bond donors (Lipinski definition) is 0. The van der Waals surface area contributed by atoms with Crippen LogP contribution in [0.2, 0.25) is 0 Å². The van der Waals surface area contributed by atoms with Gasteiger partial charge in [-0.1, -0.05) is 80.4 Å². The van der Waals surface area contributed by atoms with Gasteiger partial charge in [0.05, 0.1) is 18.2 Å². The van der Waals surface area contributed by atoms with Gasteiger partial charge in [0.15, 0.2) is 0 Å². The molecule has 4 heteroatoms. The standard InChI is InChI=1S/C30H29N3O/c1-2-8-28-32-30(17-6-7-18-30)29(34)33(28)21-22-11-13-24(14-12-22)27-19-25(15-16-26(27)20-31)23-9-4-3-5-10-23/h3-5,9-16,19H,2,6-8,17-18,21H2,1H3. The SMILES string of the molecule is CCCC1=NC2(CCCC2)C(=O)N1Cc1ccc(-c2cc(-c3ccccc3)ccc2C#N)cc1. The molecular formula is C30H29N3O. The molecule has 3 aromatic rings. The second kappa shape index (κ2) is 9.27. The summed E-state index contributed by atoms with van der Waals surface area (Å²) in [5, 5.41) is 9.69. The Bertz CT molecular complexity index is 1260. The van der Waals surface area contributed by atoms with Crippen LogP contribution in [0.4, 0.5) is 0 Å². The predicted octanol–water partition coefficient (Wildman–Crippen LogP) is 6.75. The lowest BCUT2D eigenvalue weighted by atomic mass is 9.94. The Morgan fingerprint density at radius 1 is 0.941 bits per heavy atom. The van der Waals surface area contributed by atoms with Crippen LogP contribution in [-0.4, -0.2) is 22.2 Å². The van der Waals surface area contributed by atoms with Crippen molar-refractivity contribution in [1.29, 1.82) is 5.26 Å². The van der Waals surface area contributed by atoms with Crippen molar-refractivity contribution in [2.45, 2.75) is 57.5 Å². The largest absolute Gasteiger partial charge is 0.294 e. The first kappa shape index (κ1) is 22.1. The number of carbonyl (C=O) groups excluding carboxylic acids is 1. The first-order valence-electron chi connectivity index (χ1n) is 12.2.